The van der Waals surface area contributed by atoms with E-state index in [1.54, 1.807) is 0 Å². The lowest BCUT2D eigenvalue weighted by atomic mass is 9.89. The average molecular weight is 245 g/mol. The second-order valence-corrected chi connectivity index (χ2v) is 5.92. The lowest BCUT2D eigenvalue weighted by Crippen LogP contribution is -2.18. The normalized spacial score (nSPS) is 29.7. The molecule has 2 heteroatoms. The Morgan fingerprint density at radius 2 is 2.22 bits per heavy atom. The summed E-state index contributed by atoms with van der Waals surface area (Å²) < 4.78 is 6.00. The fourth-order valence-corrected chi connectivity index (χ4v) is 3.73. The van der Waals surface area contributed by atoms with Gasteiger partial charge in [-0.2, -0.15) is 0 Å². The van der Waals surface area contributed by atoms with Gasteiger partial charge in [0.15, 0.2) is 0 Å². The van der Waals surface area contributed by atoms with Crippen molar-refractivity contribution in [3.05, 3.63) is 29.8 Å². The topological polar surface area (TPSA) is 21.3 Å². The van der Waals surface area contributed by atoms with Crippen LogP contribution in [-0.2, 0) is 6.54 Å². The maximum absolute atomic E-state index is 6.00. The van der Waals surface area contributed by atoms with Crippen LogP contribution in [0.3, 0.4) is 0 Å². The van der Waals surface area contributed by atoms with E-state index in [4.69, 9.17) is 4.74 Å². The number of hydrogen-bond donors (Lipinski definition) is 1. The molecule has 1 aromatic rings. The molecule has 2 saturated carbocycles. The zero-order valence-electron chi connectivity index (χ0n) is 11.2. The van der Waals surface area contributed by atoms with Crippen molar-refractivity contribution in [3.8, 4) is 5.75 Å². The number of benzene rings is 1. The van der Waals surface area contributed by atoms with Crippen LogP contribution < -0.4 is 10.1 Å². The van der Waals surface area contributed by atoms with Gasteiger partial charge < -0.3 is 10.1 Å². The molecule has 0 aromatic heterocycles. The van der Waals surface area contributed by atoms with Crippen LogP contribution in [0.2, 0.25) is 0 Å². The Bertz CT molecular complexity index is 404. The Morgan fingerprint density at radius 3 is 2.94 bits per heavy atom. The monoisotopic (exact) mass is 245 g/mol. The summed E-state index contributed by atoms with van der Waals surface area (Å²) in [7, 11) is 1.97. The molecule has 0 amide bonds. The van der Waals surface area contributed by atoms with Crippen molar-refractivity contribution in [2.45, 2.75) is 32.2 Å². The summed E-state index contributed by atoms with van der Waals surface area (Å²) in [6.07, 6.45) is 5.78. The molecule has 2 aliphatic carbocycles. The molecule has 0 radical (unpaired) electrons. The lowest BCUT2D eigenvalue weighted by molar-refractivity contribution is 0.195. The fourth-order valence-electron chi connectivity index (χ4n) is 3.73. The smallest absolute Gasteiger partial charge is 0.119 e. The van der Waals surface area contributed by atoms with Crippen LogP contribution in [0, 0.1) is 17.8 Å². The molecule has 3 unspecified atom stereocenters. The predicted molar refractivity (Wildman–Crippen MR) is 73.6 cm³/mol. The first-order valence-corrected chi connectivity index (χ1v) is 7.21. The third-order valence-electron chi connectivity index (χ3n) is 4.63. The predicted octanol–water partition coefficient (Wildman–Crippen LogP) is 3.22. The van der Waals surface area contributed by atoms with E-state index in [9.17, 15) is 0 Å². The van der Waals surface area contributed by atoms with Gasteiger partial charge in [-0.3, -0.25) is 0 Å². The minimum atomic E-state index is 0.816. The highest BCUT2D eigenvalue weighted by Gasteiger charge is 2.39. The van der Waals surface area contributed by atoms with Gasteiger partial charge in [0.05, 0.1) is 6.61 Å². The minimum Gasteiger partial charge on any atom is -0.493 e. The van der Waals surface area contributed by atoms with Gasteiger partial charge in [-0.05, 0) is 61.8 Å². The van der Waals surface area contributed by atoms with Crippen molar-refractivity contribution in [2.24, 2.45) is 17.8 Å². The second kappa shape index (κ2) is 5.31. The summed E-state index contributed by atoms with van der Waals surface area (Å²) in [6, 6.07) is 8.46. The Balaban J connectivity index is 1.55. The number of nitrogens with one attached hydrogen (secondary N) is 1. The molecule has 0 spiro atoms. The zero-order chi connectivity index (χ0) is 12.4. The number of ether oxygens (including phenoxy) is 1. The first kappa shape index (κ1) is 12.0. The van der Waals surface area contributed by atoms with Gasteiger partial charge in [-0.1, -0.05) is 18.6 Å². The van der Waals surface area contributed by atoms with Crippen molar-refractivity contribution in [3.63, 3.8) is 0 Å². The fraction of sp³-hybridized carbons (Fsp3) is 0.625. The van der Waals surface area contributed by atoms with E-state index >= 15 is 0 Å². The highest BCUT2D eigenvalue weighted by molar-refractivity contribution is 5.28. The van der Waals surface area contributed by atoms with Gasteiger partial charge >= 0.3 is 0 Å². The molecular formula is C16H23NO. The number of fused-ring (bicyclic) bond motifs is 2. The standard InChI is InChI=1S/C16H23NO/c1-17-10-13-3-2-4-16(9-13)18-11-15-8-12-5-6-14(15)7-12/h2-4,9,12,14-15,17H,5-8,10-11H2,1H3. The molecule has 98 valence electrons. The van der Waals surface area contributed by atoms with Crippen molar-refractivity contribution in [2.75, 3.05) is 13.7 Å². The highest BCUT2D eigenvalue weighted by atomic mass is 16.5. The summed E-state index contributed by atoms with van der Waals surface area (Å²) in [6.45, 7) is 1.83. The summed E-state index contributed by atoms with van der Waals surface area (Å²) in [4.78, 5) is 0. The second-order valence-electron chi connectivity index (χ2n) is 5.92. The average Bonchev–Trinajstić information content (AvgIpc) is 2.99. The minimum absolute atomic E-state index is 0.816. The molecule has 18 heavy (non-hydrogen) atoms. The van der Waals surface area contributed by atoms with Crippen LogP contribution in [0.4, 0.5) is 0 Å². The van der Waals surface area contributed by atoms with Crippen LogP contribution in [0.5, 0.6) is 5.75 Å². The van der Waals surface area contributed by atoms with Crippen LogP contribution in [0.15, 0.2) is 24.3 Å². The maximum atomic E-state index is 6.00. The van der Waals surface area contributed by atoms with E-state index in [1.165, 1.54) is 31.2 Å². The molecule has 0 saturated heterocycles. The molecule has 3 atom stereocenters. The van der Waals surface area contributed by atoms with Crippen molar-refractivity contribution >= 4 is 0 Å². The van der Waals surface area contributed by atoms with Gasteiger partial charge in [0.2, 0.25) is 0 Å². The van der Waals surface area contributed by atoms with Gasteiger partial charge in [-0.15, -0.1) is 0 Å². The third kappa shape index (κ3) is 2.54. The van der Waals surface area contributed by atoms with Gasteiger partial charge in [0.25, 0.3) is 0 Å². The maximum Gasteiger partial charge on any atom is 0.119 e. The first-order valence-electron chi connectivity index (χ1n) is 7.21. The van der Waals surface area contributed by atoms with Crippen molar-refractivity contribution < 1.29 is 4.74 Å². The third-order valence-corrected chi connectivity index (χ3v) is 4.63. The Hall–Kier alpha value is -1.02. The van der Waals surface area contributed by atoms with Crippen molar-refractivity contribution in [1.82, 2.24) is 5.32 Å². The van der Waals surface area contributed by atoms with E-state index in [-0.39, 0.29) is 0 Å². The molecule has 1 N–H and O–H groups in total. The Kier molecular flexibility index (Phi) is 3.55. The lowest BCUT2D eigenvalue weighted by Gasteiger charge is -2.21. The largest absolute Gasteiger partial charge is 0.493 e. The number of hydrogen-bond acceptors (Lipinski definition) is 2. The van der Waals surface area contributed by atoms with Gasteiger partial charge in [-0.25, -0.2) is 0 Å². The van der Waals surface area contributed by atoms with Crippen molar-refractivity contribution in [1.29, 1.82) is 0 Å². The van der Waals surface area contributed by atoms with Gasteiger partial charge in [0.1, 0.15) is 5.75 Å². The SMILES string of the molecule is CNCc1cccc(OCC2CC3CCC2C3)c1. The van der Waals surface area contributed by atoms with E-state index < -0.39 is 0 Å². The molecule has 0 aliphatic heterocycles. The van der Waals surface area contributed by atoms with Crippen LogP contribution in [0.25, 0.3) is 0 Å². The van der Waals surface area contributed by atoms with E-state index in [1.807, 2.05) is 7.05 Å². The Morgan fingerprint density at radius 1 is 1.28 bits per heavy atom. The van der Waals surface area contributed by atoms with E-state index in [0.717, 1.165) is 36.7 Å². The van der Waals surface area contributed by atoms with E-state index in [2.05, 4.69) is 29.6 Å². The Labute approximate surface area is 110 Å². The molecule has 1 aromatic carbocycles. The summed E-state index contributed by atoms with van der Waals surface area (Å²) in [5.41, 5.74) is 1.29. The quantitative estimate of drug-likeness (QED) is 0.860. The van der Waals surface area contributed by atoms with Crippen LogP contribution >= 0.6 is 0 Å². The summed E-state index contributed by atoms with van der Waals surface area (Å²) >= 11 is 0. The van der Waals surface area contributed by atoms with Gasteiger partial charge in [0, 0.05) is 6.54 Å². The molecular weight excluding hydrogens is 222 g/mol. The molecule has 2 nitrogen and oxygen atoms in total. The molecule has 3 rings (SSSR count). The molecule has 2 fully saturated rings. The van der Waals surface area contributed by atoms with Crippen LogP contribution in [-0.4, -0.2) is 13.7 Å². The first-order chi connectivity index (χ1) is 8.85. The molecule has 2 aliphatic rings. The zero-order valence-corrected chi connectivity index (χ0v) is 11.2. The molecule has 2 bridgehead atoms. The number of rotatable bonds is 5. The summed E-state index contributed by atoms with van der Waals surface area (Å²) in [5, 5.41) is 3.17. The van der Waals surface area contributed by atoms with E-state index in [0.29, 0.717) is 0 Å². The summed E-state index contributed by atoms with van der Waals surface area (Å²) in [5.74, 6) is 3.82. The molecule has 0 heterocycles. The highest BCUT2D eigenvalue weighted by Crippen LogP contribution is 2.48. The van der Waals surface area contributed by atoms with Crippen LogP contribution in [0.1, 0.15) is 31.2 Å².